The summed E-state index contributed by atoms with van der Waals surface area (Å²) in [5.41, 5.74) is 5.13. The number of anilines is 1. The molecule has 26 heavy (non-hydrogen) atoms. The molecule has 126 valence electrons. The van der Waals surface area contributed by atoms with Crippen molar-refractivity contribution in [3.8, 4) is 23.7 Å². The highest BCUT2D eigenvalue weighted by Crippen LogP contribution is 2.25. The summed E-state index contributed by atoms with van der Waals surface area (Å²) in [7, 11) is 0. The van der Waals surface area contributed by atoms with Crippen molar-refractivity contribution >= 4 is 22.6 Å². The molecule has 0 aliphatic rings. The van der Waals surface area contributed by atoms with Gasteiger partial charge in [0.25, 0.3) is 0 Å². The summed E-state index contributed by atoms with van der Waals surface area (Å²) >= 11 is 0. The summed E-state index contributed by atoms with van der Waals surface area (Å²) in [5.74, 6) is 2.51. The van der Waals surface area contributed by atoms with Crippen LogP contribution in [0.5, 0.6) is 0 Å². The average Bonchev–Trinajstić information content (AvgIpc) is 3.30. The van der Waals surface area contributed by atoms with Crippen LogP contribution in [0.1, 0.15) is 12.5 Å². The molecule has 0 unspecified atom stereocenters. The summed E-state index contributed by atoms with van der Waals surface area (Å²) in [6.45, 7) is 1.50. The van der Waals surface area contributed by atoms with Gasteiger partial charge >= 0.3 is 0 Å². The maximum absolute atomic E-state index is 11.5. The monoisotopic (exact) mass is 340 g/mol. The first-order valence-corrected chi connectivity index (χ1v) is 8.14. The Balaban J connectivity index is 1.89. The molecule has 0 aliphatic carbocycles. The van der Waals surface area contributed by atoms with Crippen LogP contribution in [0.3, 0.4) is 0 Å². The molecular weight excluding hydrogens is 324 g/mol. The third-order valence-corrected chi connectivity index (χ3v) is 4.12. The molecule has 0 bridgehead atoms. The Morgan fingerprint density at radius 1 is 1.12 bits per heavy atom. The summed E-state index contributed by atoms with van der Waals surface area (Å²) < 4.78 is 3.97. The number of rotatable bonds is 3. The van der Waals surface area contributed by atoms with Crippen LogP contribution in [0.2, 0.25) is 0 Å². The Hall–Kier alpha value is -3.78. The van der Waals surface area contributed by atoms with Gasteiger partial charge in [-0.1, -0.05) is 5.92 Å². The molecule has 2 heterocycles. The van der Waals surface area contributed by atoms with E-state index in [1.807, 2.05) is 70.1 Å². The van der Waals surface area contributed by atoms with Gasteiger partial charge in [-0.05, 0) is 48.5 Å². The molecule has 0 atom stereocenters. The van der Waals surface area contributed by atoms with Crippen molar-refractivity contribution in [2.24, 2.45) is 0 Å². The summed E-state index contributed by atoms with van der Waals surface area (Å²) in [4.78, 5) is 16.0. The number of hydrogen-bond donors (Lipinski definition) is 1. The van der Waals surface area contributed by atoms with Gasteiger partial charge in [0.1, 0.15) is 6.33 Å². The molecule has 0 saturated carbocycles. The number of fused-ring (bicyclic) bond motifs is 1. The first-order chi connectivity index (χ1) is 12.6. The zero-order chi connectivity index (χ0) is 18.1. The highest BCUT2D eigenvalue weighted by atomic mass is 16.1. The second kappa shape index (κ2) is 6.26. The molecule has 0 radical (unpaired) electrons. The molecule has 5 heteroatoms. The lowest BCUT2D eigenvalue weighted by Gasteiger charge is -2.12. The van der Waals surface area contributed by atoms with Gasteiger partial charge in [-0.2, -0.15) is 0 Å². The quantitative estimate of drug-likeness (QED) is 0.577. The van der Waals surface area contributed by atoms with Crippen LogP contribution in [-0.2, 0) is 4.79 Å². The zero-order valence-corrected chi connectivity index (χ0v) is 14.2. The van der Waals surface area contributed by atoms with E-state index in [1.54, 1.807) is 6.33 Å². The third kappa shape index (κ3) is 2.85. The van der Waals surface area contributed by atoms with Crippen LogP contribution in [-0.4, -0.2) is 20.0 Å². The number of amides is 1. The van der Waals surface area contributed by atoms with Gasteiger partial charge in [0.15, 0.2) is 0 Å². The van der Waals surface area contributed by atoms with E-state index in [0.29, 0.717) is 0 Å². The SMILES string of the molecule is C#Cc1ccc2c(c1)ncn2-c1cc(NC(C)=O)cc(-n2cccc2)c1. The molecule has 2 aromatic carbocycles. The molecule has 5 nitrogen and oxygen atoms in total. The van der Waals surface area contributed by atoms with Gasteiger partial charge in [-0.3, -0.25) is 9.36 Å². The fourth-order valence-electron chi connectivity index (χ4n) is 2.97. The second-order valence-corrected chi connectivity index (χ2v) is 5.97. The normalized spacial score (nSPS) is 10.6. The van der Waals surface area contributed by atoms with E-state index in [0.717, 1.165) is 33.7 Å². The molecule has 4 aromatic rings. The number of hydrogen-bond acceptors (Lipinski definition) is 2. The number of nitrogens with zero attached hydrogens (tertiary/aromatic N) is 3. The number of nitrogens with one attached hydrogen (secondary N) is 1. The molecule has 0 spiro atoms. The molecule has 2 aromatic heterocycles. The Morgan fingerprint density at radius 3 is 2.62 bits per heavy atom. The Labute approximate surface area is 150 Å². The third-order valence-electron chi connectivity index (χ3n) is 4.12. The van der Waals surface area contributed by atoms with Gasteiger partial charge in [-0.15, -0.1) is 6.42 Å². The van der Waals surface area contributed by atoms with Gasteiger partial charge in [0.2, 0.25) is 5.91 Å². The van der Waals surface area contributed by atoms with E-state index in [4.69, 9.17) is 6.42 Å². The average molecular weight is 340 g/mol. The van der Waals surface area contributed by atoms with Crippen LogP contribution < -0.4 is 5.32 Å². The lowest BCUT2D eigenvalue weighted by atomic mass is 10.2. The maximum Gasteiger partial charge on any atom is 0.221 e. The standard InChI is InChI=1S/C21H16N4O/c1-3-16-6-7-21-20(10-16)22-14-25(21)19-12-17(23-15(2)26)11-18(13-19)24-8-4-5-9-24/h1,4-14H,2H3,(H,23,26). The molecule has 1 N–H and O–H groups in total. The van der Waals surface area contributed by atoms with Gasteiger partial charge in [-0.25, -0.2) is 4.98 Å². The van der Waals surface area contributed by atoms with Crippen molar-refractivity contribution in [3.63, 3.8) is 0 Å². The Kier molecular flexibility index (Phi) is 3.79. The summed E-state index contributed by atoms with van der Waals surface area (Å²) in [6, 6.07) is 15.5. The highest BCUT2D eigenvalue weighted by molar-refractivity contribution is 5.89. The largest absolute Gasteiger partial charge is 0.326 e. The molecular formula is C21H16N4O. The van der Waals surface area contributed by atoms with Crippen molar-refractivity contribution < 1.29 is 4.79 Å². The van der Waals surface area contributed by atoms with Gasteiger partial charge in [0, 0.05) is 36.3 Å². The van der Waals surface area contributed by atoms with Crippen molar-refractivity contribution in [2.75, 3.05) is 5.32 Å². The number of carbonyl (C=O) groups is 1. The predicted octanol–water partition coefficient (Wildman–Crippen LogP) is 3.76. The Morgan fingerprint density at radius 2 is 1.88 bits per heavy atom. The zero-order valence-electron chi connectivity index (χ0n) is 14.2. The minimum atomic E-state index is -0.116. The van der Waals surface area contributed by atoms with Crippen LogP contribution in [0, 0.1) is 12.3 Å². The van der Waals surface area contributed by atoms with E-state index in [-0.39, 0.29) is 5.91 Å². The summed E-state index contributed by atoms with van der Waals surface area (Å²) in [6.07, 6.45) is 11.2. The van der Waals surface area contributed by atoms with Crippen molar-refractivity contribution in [2.45, 2.75) is 6.92 Å². The number of benzene rings is 2. The van der Waals surface area contributed by atoms with Crippen LogP contribution in [0.15, 0.2) is 67.3 Å². The Bertz CT molecular complexity index is 1150. The van der Waals surface area contributed by atoms with Crippen molar-refractivity contribution in [1.29, 1.82) is 0 Å². The number of terminal acetylenes is 1. The number of aromatic nitrogens is 3. The highest BCUT2D eigenvalue weighted by Gasteiger charge is 2.09. The smallest absolute Gasteiger partial charge is 0.221 e. The van der Waals surface area contributed by atoms with E-state index >= 15 is 0 Å². The van der Waals surface area contributed by atoms with E-state index in [9.17, 15) is 4.79 Å². The maximum atomic E-state index is 11.5. The molecule has 1 amide bonds. The van der Waals surface area contributed by atoms with Crippen LogP contribution >= 0.6 is 0 Å². The fraction of sp³-hybridized carbons (Fsp3) is 0.0476. The van der Waals surface area contributed by atoms with Crippen molar-refractivity contribution in [3.05, 3.63) is 72.8 Å². The van der Waals surface area contributed by atoms with Crippen LogP contribution in [0.4, 0.5) is 5.69 Å². The molecule has 0 fully saturated rings. The van der Waals surface area contributed by atoms with E-state index in [2.05, 4.69) is 16.2 Å². The topological polar surface area (TPSA) is 51.9 Å². The molecule has 0 aliphatic heterocycles. The summed E-state index contributed by atoms with van der Waals surface area (Å²) in [5, 5.41) is 2.86. The number of imidazole rings is 1. The fourth-order valence-corrected chi connectivity index (χ4v) is 2.97. The van der Waals surface area contributed by atoms with E-state index < -0.39 is 0 Å². The lowest BCUT2D eigenvalue weighted by Crippen LogP contribution is -2.07. The van der Waals surface area contributed by atoms with Crippen LogP contribution in [0.25, 0.3) is 22.4 Å². The predicted molar refractivity (Wildman–Crippen MR) is 103 cm³/mol. The van der Waals surface area contributed by atoms with Gasteiger partial charge < -0.3 is 9.88 Å². The van der Waals surface area contributed by atoms with Gasteiger partial charge in [0.05, 0.1) is 16.7 Å². The first kappa shape index (κ1) is 15.7. The molecule has 0 saturated heterocycles. The number of carbonyl (C=O) groups excluding carboxylic acids is 1. The van der Waals surface area contributed by atoms with E-state index in [1.165, 1.54) is 6.92 Å². The molecule has 4 rings (SSSR count). The van der Waals surface area contributed by atoms with Crippen molar-refractivity contribution in [1.82, 2.24) is 14.1 Å². The lowest BCUT2D eigenvalue weighted by molar-refractivity contribution is -0.114. The minimum Gasteiger partial charge on any atom is -0.326 e. The second-order valence-electron chi connectivity index (χ2n) is 5.97. The first-order valence-electron chi connectivity index (χ1n) is 8.14. The minimum absolute atomic E-state index is 0.116.